The van der Waals surface area contributed by atoms with E-state index in [0.29, 0.717) is 53.7 Å². The van der Waals surface area contributed by atoms with Gasteiger partial charge in [-0.3, -0.25) is 14.5 Å². The minimum Gasteiger partial charge on any atom is -0.507 e. The number of esters is 1. The molecule has 4 aromatic rings. The number of nitrogens with zero attached hydrogens (tertiary/aromatic N) is 2. The maximum absolute atomic E-state index is 13.8. The number of aryl methyl sites for hydroxylation is 1. The second-order valence-electron chi connectivity index (χ2n) is 10.9. The highest BCUT2D eigenvalue weighted by Crippen LogP contribution is 2.46. The Kier molecular flexibility index (Phi) is 8.50. The highest BCUT2D eigenvalue weighted by atomic mass is 32.1. The van der Waals surface area contributed by atoms with E-state index in [0.717, 1.165) is 22.5 Å². The van der Waals surface area contributed by atoms with Crippen LogP contribution in [0.2, 0.25) is 0 Å². The van der Waals surface area contributed by atoms with Gasteiger partial charge in [-0.05, 0) is 67.8 Å². The molecule has 3 aromatic carbocycles. The number of thiazole rings is 1. The van der Waals surface area contributed by atoms with E-state index < -0.39 is 23.7 Å². The zero-order chi connectivity index (χ0) is 32.5. The number of ketones is 1. The molecule has 0 saturated carbocycles. The first-order valence-corrected chi connectivity index (χ1v) is 15.6. The molecular weight excluding hydrogens is 608 g/mol. The van der Waals surface area contributed by atoms with Crippen molar-refractivity contribution in [2.45, 2.75) is 45.9 Å². The van der Waals surface area contributed by atoms with Gasteiger partial charge in [-0.15, -0.1) is 0 Å². The highest BCUT2D eigenvalue weighted by molar-refractivity contribution is 7.17. The standard InChI is InChI=1S/C35H32N2O8S/c1-5-43-27-17-22(11-14-26(27)44-18-21-9-7-6-8-10-21)29-28(30(38)23-12-13-25-24(16-23)15-19(2)45-25)31(39)33(40)37(29)35-36-20(3)32(46-35)34(41)42-4/h6-14,16-17,19,29,38H,5,15,18H2,1-4H3/t19-,29-/m0/s1. The summed E-state index contributed by atoms with van der Waals surface area (Å²) in [4.78, 5) is 45.9. The van der Waals surface area contributed by atoms with Gasteiger partial charge in [-0.2, -0.15) is 0 Å². The lowest BCUT2D eigenvalue weighted by Gasteiger charge is -2.24. The van der Waals surface area contributed by atoms with Crippen molar-refractivity contribution in [1.82, 2.24) is 4.98 Å². The molecule has 10 nitrogen and oxygen atoms in total. The average molecular weight is 641 g/mol. The van der Waals surface area contributed by atoms with Crippen LogP contribution in [0.3, 0.4) is 0 Å². The van der Waals surface area contributed by atoms with E-state index in [1.54, 1.807) is 43.3 Å². The third-order valence-electron chi connectivity index (χ3n) is 7.80. The van der Waals surface area contributed by atoms with Crippen molar-refractivity contribution in [2.24, 2.45) is 0 Å². The van der Waals surface area contributed by atoms with Gasteiger partial charge in [0.05, 0.1) is 31.0 Å². The van der Waals surface area contributed by atoms with Crippen LogP contribution < -0.4 is 19.1 Å². The summed E-state index contributed by atoms with van der Waals surface area (Å²) in [6.07, 6.45) is 0.625. The number of rotatable bonds is 9. The first-order chi connectivity index (χ1) is 22.2. The fourth-order valence-electron chi connectivity index (χ4n) is 5.65. The molecule has 1 fully saturated rings. The Balaban J connectivity index is 1.48. The minimum absolute atomic E-state index is 0.0188. The van der Waals surface area contributed by atoms with Crippen molar-refractivity contribution >= 4 is 39.9 Å². The smallest absolute Gasteiger partial charge is 0.350 e. The predicted molar refractivity (Wildman–Crippen MR) is 172 cm³/mol. The van der Waals surface area contributed by atoms with Crippen LogP contribution in [0.5, 0.6) is 17.2 Å². The molecule has 1 aromatic heterocycles. The van der Waals surface area contributed by atoms with E-state index in [1.165, 1.54) is 12.0 Å². The fraction of sp³-hybridized carbons (Fsp3) is 0.257. The molecular formula is C35H32N2O8S. The lowest BCUT2D eigenvalue weighted by Crippen LogP contribution is -2.29. The Bertz CT molecular complexity index is 1870. The van der Waals surface area contributed by atoms with Crippen LogP contribution in [-0.2, 0) is 27.4 Å². The highest BCUT2D eigenvalue weighted by Gasteiger charge is 2.49. The van der Waals surface area contributed by atoms with Crippen LogP contribution in [0.4, 0.5) is 5.13 Å². The quantitative estimate of drug-likeness (QED) is 0.0991. The van der Waals surface area contributed by atoms with E-state index >= 15 is 0 Å². The molecule has 2 aliphatic heterocycles. The normalized spacial score (nSPS) is 18.3. The topological polar surface area (TPSA) is 124 Å². The van der Waals surface area contributed by atoms with E-state index in [-0.39, 0.29) is 27.4 Å². The van der Waals surface area contributed by atoms with Crippen molar-refractivity contribution in [3.63, 3.8) is 0 Å². The molecule has 1 N–H and O–H groups in total. The molecule has 2 atom stereocenters. The van der Waals surface area contributed by atoms with Gasteiger partial charge in [0.2, 0.25) is 0 Å². The lowest BCUT2D eigenvalue weighted by atomic mass is 9.94. The van der Waals surface area contributed by atoms with Gasteiger partial charge >= 0.3 is 11.9 Å². The summed E-state index contributed by atoms with van der Waals surface area (Å²) in [7, 11) is 1.26. The van der Waals surface area contributed by atoms with Gasteiger partial charge in [0, 0.05) is 12.0 Å². The van der Waals surface area contributed by atoms with Gasteiger partial charge in [0.25, 0.3) is 5.78 Å². The van der Waals surface area contributed by atoms with Crippen molar-refractivity contribution in [2.75, 3.05) is 18.6 Å². The number of aliphatic hydroxyl groups is 1. The summed E-state index contributed by atoms with van der Waals surface area (Å²) >= 11 is 0.934. The van der Waals surface area contributed by atoms with Crippen molar-refractivity contribution in [1.29, 1.82) is 0 Å². The molecule has 46 heavy (non-hydrogen) atoms. The van der Waals surface area contributed by atoms with Crippen LogP contribution >= 0.6 is 11.3 Å². The maximum Gasteiger partial charge on any atom is 0.350 e. The summed E-state index contributed by atoms with van der Waals surface area (Å²) in [5.41, 5.74) is 2.93. The molecule has 11 heteroatoms. The van der Waals surface area contributed by atoms with E-state index in [9.17, 15) is 19.5 Å². The summed E-state index contributed by atoms with van der Waals surface area (Å²) in [6.45, 7) is 6.04. The molecule has 0 aliphatic carbocycles. The number of hydrogen-bond donors (Lipinski definition) is 1. The fourth-order valence-corrected chi connectivity index (χ4v) is 6.67. The summed E-state index contributed by atoms with van der Waals surface area (Å²) in [5, 5.41) is 11.8. The largest absolute Gasteiger partial charge is 0.507 e. The summed E-state index contributed by atoms with van der Waals surface area (Å²) < 4.78 is 22.7. The minimum atomic E-state index is -1.10. The second kappa shape index (κ2) is 12.7. The van der Waals surface area contributed by atoms with Crippen molar-refractivity contribution in [3.8, 4) is 17.2 Å². The van der Waals surface area contributed by atoms with Gasteiger partial charge in [-0.25, -0.2) is 9.78 Å². The van der Waals surface area contributed by atoms with Crippen molar-refractivity contribution < 1.29 is 38.4 Å². The number of fused-ring (bicyclic) bond motifs is 1. The molecule has 6 rings (SSSR count). The van der Waals surface area contributed by atoms with E-state index in [1.807, 2.05) is 44.2 Å². The molecule has 3 heterocycles. The Labute approximate surface area is 269 Å². The number of carbonyl (C=O) groups excluding carboxylic acids is 3. The number of hydrogen-bond acceptors (Lipinski definition) is 10. The monoisotopic (exact) mass is 640 g/mol. The maximum atomic E-state index is 13.8. The third-order valence-corrected chi connectivity index (χ3v) is 8.93. The Morgan fingerprint density at radius 3 is 2.59 bits per heavy atom. The Morgan fingerprint density at radius 2 is 1.85 bits per heavy atom. The first-order valence-electron chi connectivity index (χ1n) is 14.8. The van der Waals surface area contributed by atoms with E-state index in [2.05, 4.69) is 4.98 Å². The predicted octanol–water partition coefficient (Wildman–Crippen LogP) is 6.17. The van der Waals surface area contributed by atoms with Crippen LogP contribution in [0, 0.1) is 6.92 Å². The van der Waals surface area contributed by atoms with Gasteiger partial charge in [-0.1, -0.05) is 47.7 Å². The van der Waals surface area contributed by atoms with Gasteiger partial charge in [0.15, 0.2) is 16.6 Å². The van der Waals surface area contributed by atoms with E-state index in [4.69, 9.17) is 18.9 Å². The Morgan fingerprint density at radius 1 is 1.07 bits per heavy atom. The van der Waals surface area contributed by atoms with Crippen LogP contribution in [0.25, 0.3) is 5.76 Å². The molecule has 0 radical (unpaired) electrons. The zero-order valence-corrected chi connectivity index (χ0v) is 26.6. The van der Waals surface area contributed by atoms with Crippen LogP contribution in [0.1, 0.15) is 57.5 Å². The molecule has 1 saturated heterocycles. The summed E-state index contributed by atoms with van der Waals surface area (Å²) in [5.74, 6) is -1.14. The second-order valence-corrected chi connectivity index (χ2v) is 11.9. The SMILES string of the molecule is CCOc1cc([C@H]2C(=C(O)c3ccc4c(c3)C[C@H](C)O4)C(=O)C(=O)N2c2nc(C)c(C(=O)OC)s2)ccc1OCc1ccccc1. The summed E-state index contributed by atoms with van der Waals surface area (Å²) in [6, 6.07) is 18.9. The Hall–Kier alpha value is -5.16. The van der Waals surface area contributed by atoms with Gasteiger partial charge in [0.1, 0.15) is 29.1 Å². The van der Waals surface area contributed by atoms with Crippen molar-refractivity contribution in [3.05, 3.63) is 105 Å². The first kappa shape index (κ1) is 30.8. The number of aromatic nitrogens is 1. The molecule has 1 amide bonds. The number of benzene rings is 3. The van der Waals surface area contributed by atoms with Crippen LogP contribution in [-0.4, -0.2) is 47.6 Å². The number of methoxy groups -OCH3 is 1. The molecule has 0 spiro atoms. The zero-order valence-electron chi connectivity index (χ0n) is 25.7. The number of carbonyl (C=O) groups is 3. The number of ether oxygens (including phenoxy) is 4. The van der Waals surface area contributed by atoms with Crippen LogP contribution in [0.15, 0.2) is 72.3 Å². The average Bonchev–Trinajstić information content (AvgIpc) is 3.71. The molecule has 0 bridgehead atoms. The lowest BCUT2D eigenvalue weighted by molar-refractivity contribution is -0.132. The molecule has 236 valence electrons. The third kappa shape index (κ3) is 5.69. The number of Topliss-reactive ketones (excluding diaryl/α,β-unsaturated/α-hetero) is 1. The molecule has 0 unspecified atom stereocenters. The number of amides is 1. The van der Waals surface area contributed by atoms with Gasteiger partial charge < -0.3 is 24.1 Å². The number of anilines is 1. The molecule has 2 aliphatic rings. The number of aliphatic hydroxyl groups excluding tert-OH is 1.